The van der Waals surface area contributed by atoms with E-state index in [0.717, 1.165) is 24.9 Å². The average Bonchev–Trinajstić information content (AvgIpc) is 3.17. The molecule has 3 N–H and O–H groups in total. The standard InChI is InChI=1S/C19H23ClN4O4/c1-2-28-18(27)14-10-22-19(24-7-3-4-13(24)11-25)23-17(14)21-9-12-5-6-16(26)15(20)8-12/h5-6,8,10,13,25-26H,2-4,7,9,11H2,1H3,(H,21,22,23)/t13-/m0/s1. The number of carbonyl (C=O) groups is 1. The Bertz CT molecular complexity index is 849. The minimum absolute atomic E-state index is 0.00558. The predicted molar refractivity (Wildman–Crippen MR) is 106 cm³/mol. The number of hydrogen-bond acceptors (Lipinski definition) is 8. The molecule has 1 atom stereocenters. The van der Waals surface area contributed by atoms with E-state index in [1.807, 2.05) is 4.90 Å². The van der Waals surface area contributed by atoms with Crippen LogP contribution in [0.3, 0.4) is 0 Å². The maximum Gasteiger partial charge on any atom is 0.343 e. The largest absolute Gasteiger partial charge is 0.506 e. The van der Waals surface area contributed by atoms with Crippen LogP contribution in [-0.4, -0.2) is 52.0 Å². The lowest BCUT2D eigenvalue weighted by Crippen LogP contribution is -2.33. The molecule has 0 saturated carbocycles. The number of aliphatic hydroxyl groups is 1. The summed E-state index contributed by atoms with van der Waals surface area (Å²) >= 11 is 5.95. The number of carbonyl (C=O) groups excluding carboxylic acids is 1. The fraction of sp³-hybridized carbons (Fsp3) is 0.421. The van der Waals surface area contributed by atoms with E-state index < -0.39 is 5.97 Å². The summed E-state index contributed by atoms with van der Waals surface area (Å²) in [6, 6.07) is 4.84. The lowest BCUT2D eigenvalue weighted by molar-refractivity contribution is 0.0526. The summed E-state index contributed by atoms with van der Waals surface area (Å²) in [7, 11) is 0. The van der Waals surface area contributed by atoms with Crippen molar-refractivity contribution in [3.05, 3.63) is 40.5 Å². The molecule has 1 aromatic heterocycles. The Kier molecular flexibility index (Phi) is 6.53. The van der Waals surface area contributed by atoms with Gasteiger partial charge in [-0.05, 0) is 37.5 Å². The smallest absolute Gasteiger partial charge is 0.343 e. The normalized spacial score (nSPS) is 16.2. The fourth-order valence-corrected chi connectivity index (χ4v) is 3.34. The van der Waals surface area contributed by atoms with Crippen molar-refractivity contribution in [3.63, 3.8) is 0 Å². The van der Waals surface area contributed by atoms with E-state index in [1.165, 1.54) is 12.3 Å². The number of ether oxygens (including phenoxy) is 1. The lowest BCUT2D eigenvalue weighted by atomic mass is 10.2. The van der Waals surface area contributed by atoms with Crippen LogP contribution in [0.5, 0.6) is 5.75 Å². The van der Waals surface area contributed by atoms with E-state index in [9.17, 15) is 15.0 Å². The van der Waals surface area contributed by atoms with Crippen LogP contribution >= 0.6 is 11.6 Å². The SMILES string of the molecule is CCOC(=O)c1cnc(N2CCC[C@H]2CO)nc1NCc1ccc(O)c(Cl)c1. The second kappa shape index (κ2) is 9.07. The monoisotopic (exact) mass is 406 g/mol. The zero-order chi connectivity index (χ0) is 20.1. The average molecular weight is 407 g/mol. The molecule has 1 fully saturated rings. The van der Waals surface area contributed by atoms with Gasteiger partial charge in [-0.1, -0.05) is 17.7 Å². The highest BCUT2D eigenvalue weighted by molar-refractivity contribution is 6.32. The highest BCUT2D eigenvalue weighted by atomic mass is 35.5. The number of anilines is 2. The summed E-state index contributed by atoms with van der Waals surface area (Å²) in [5, 5.41) is 22.5. The molecule has 150 valence electrons. The maximum absolute atomic E-state index is 12.3. The van der Waals surface area contributed by atoms with Crippen molar-refractivity contribution in [2.75, 3.05) is 30.0 Å². The zero-order valence-electron chi connectivity index (χ0n) is 15.6. The zero-order valence-corrected chi connectivity index (χ0v) is 16.3. The van der Waals surface area contributed by atoms with Crippen LogP contribution in [0.4, 0.5) is 11.8 Å². The van der Waals surface area contributed by atoms with E-state index in [0.29, 0.717) is 18.3 Å². The van der Waals surface area contributed by atoms with Crippen LogP contribution in [0, 0.1) is 0 Å². The van der Waals surface area contributed by atoms with Crippen LogP contribution in [-0.2, 0) is 11.3 Å². The molecule has 3 rings (SSSR count). The molecule has 0 unspecified atom stereocenters. The second-order valence-electron chi connectivity index (χ2n) is 6.46. The third-order valence-electron chi connectivity index (χ3n) is 4.59. The van der Waals surface area contributed by atoms with Crippen molar-refractivity contribution in [2.45, 2.75) is 32.4 Å². The first-order valence-electron chi connectivity index (χ1n) is 9.16. The molecule has 28 heavy (non-hydrogen) atoms. The van der Waals surface area contributed by atoms with Crippen LogP contribution in [0.1, 0.15) is 35.7 Å². The van der Waals surface area contributed by atoms with Crippen molar-refractivity contribution in [1.82, 2.24) is 9.97 Å². The molecule has 9 heteroatoms. The highest BCUT2D eigenvalue weighted by Gasteiger charge is 2.27. The first kappa shape index (κ1) is 20.2. The number of nitrogens with one attached hydrogen (secondary N) is 1. The summed E-state index contributed by atoms with van der Waals surface area (Å²) in [6.07, 6.45) is 3.26. The molecule has 0 aliphatic carbocycles. The van der Waals surface area contributed by atoms with Crippen molar-refractivity contribution in [2.24, 2.45) is 0 Å². The number of nitrogens with zero attached hydrogens (tertiary/aromatic N) is 3. The molecule has 0 amide bonds. The molecular weight excluding hydrogens is 384 g/mol. The van der Waals surface area contributed by atoms with Crippen molar-refractivity contribution >= 4 is 29.3 Å². The number of aromatic hydroxyl groups is 1. The van der Waals surface area contributed by atoms with Gasteiger partial charge in [-0.25, -0.2) is 9.78 Å². The molecule has 1 aromatic carbocycles. The molecule has 0 radical (unpaired) electrons. The van der Waals surface area contributed by atoms with Gasteiger partial charge < -0.3 is 25.2 Å². The van der Waals surface area contributed by atoms with Gasteiger partial charge in [0.15, 0.2) is 0 Å². The summed E-state index contributed by atoms with van der Waals surface area (Å²) in [5.41, 5.74) is 1.04. The third-order valence-corrected chi connectivity index (χ3v) is 4.89. The van der Waals surface area contributed by atoms with E-state index in [4.69, 9.17) is 16.3 Å². The van der Waals surface area contributed by atoms with Crippen LogP contribution in [0.2, 0.25) is 5.02 Å². The topological polar surface area (TPSA) is 108 Å². The highest BCUT2D eigenvalue weighted by Crippen LogP contribution is 2.26. The maximum atomic E-state index is 12.3. The number of rotatable bonds is 7. The van der Waals surface area contributed by atoms with E-state index in [-0.39, 0.29) is 35.6 Å². The van der Waals surface area contributed by atoms with Gasteiger partial charge in [0.2, 0.25) is 5.95 Å². The number of phenolic OH excluding ortho intramolecular Hbond substituents is 1. The second-order valence-corrected chi connectivity index (χ2v) is 6.87. The minimum Gasteiger partial charge on any atom is -0.506 e. The molecule has 8 nitrogen and oxygen atoms in total. The predicted octanol–water partition coefficient (Wildman–Crippen LogP) is 2.59. The van der Waals surface area contributed by atoms with E-state index >= 15 is 0 Å². The minimum atomic E-state index is -0.514. The van der Waals surface area contributed by atoms with Gasteiger partial charge in [-0.3, -0.25) is 0 Å². The molecule has 1 aliphatic rings. The molecular formula is C19H23ClN4O4. The molecule has 1 saturated heterocycles. The first-order valence-corrected chi connectivity index (χ1v) is 9.54. The van der Waals surface area contributed by atoms with Crippen LogP contribution < -0.4 is 10.2 Å². The van der Waals surface area contributed by atoms with Crippen LogP contribution in [0.25, 0.3) is 0 Å². The van der Waals surface area contributed by atoms with Gasteiger partial charge in [-0.15, -0.1) is 0 Å². The Labute approximate surface area is 168 Å². The Morgan fingerprint density at radius 1 is 1.46 bits per heavy atom. The number of halogens is 1. The van der Waals surface area contributed by atoms with Gasteiger partial charge in [0, 0.05) is 19.3 Å². The number of benzene rings is 1. The summed E-state index contributed by atoms with van der Waals surface area (Å²) < 4.78 is 5.10. The fourth-order valence-electron chi connectivity index (χ4n) is 3.14. The summed E-state index contributed by atoms with van der Waals surface area (Å²) in [4.78, 5) is 23.1. The van der Waals surface area contributed by atoms with Crippen LogP contribution in [0.15, 0.2) is 24.4 Å². The number of hydrogen-bond donors (Lipinski definition) is 3. The molecule has 2 heterocycles. The molecule has 2 aromatic rings. The van der Waals surface area contributed by atoms with Gasteiger partial charge in [0.1, 0.15) is 17.1 Å². The lowest BCUT2D eigenvalue weighted by Gasteiger charge is -2.23. The molecule has 0 spiro atoms. The van der Waals surface area contributed by atoms with E-state index in [2.05, 4.69) is 15.3 Å². The Hall–Kier alpha value is -2.58. The molecule has 0 bridgehead atoms. The van der Waals surface area contributed by atoms with Gasteiger partial charge in [-0.2, -0.15) is 4.98 Å². The first-order chi connectivity index (χ1) is 13.5. The van der Waals surface area contributed by atoms with E-state index in [1.54, 1.807) is 19.1 Å². The Morgan fingerprint density at radius 2 is 2.29 bits per heavy atom. The van der Waals surface area contributed by atoms with Crippen molar-refractivity contribution in [3.8, 4) is 5.75 Å². The summed E-state index contributed by atoms with van der Waals surface area (Å²) in [6.45, 7) is 3.09. The van der Waals surface area contributed by atoms with Gasteiger partial charge >= 0.3 is 5.97 Å². The number of esters is 1. The summed E-state index contributed by atoms with van der Waals surface area (Å²) in [5.74, 6) is 0.290. The Balaban J connectivity index is 1.87. The third kappa shape index (κ3) is 4.45. The number of aromatic nitrogens is 2. The van der Waals surface area contributed by atoms with Crippen molar-refractivity contribution in [1.29, 1.82) is 0 Å². The van der Waals surface area contributed by atoms with Gasteiger partial charge in [0.25, 0.3) is 0 Å². The molecule has 1 aliphatic heterocycles. The Morgan fingerprint density at radius 3 is 3.00 bits per heavy atom. The van der Waals surface area contributed by atoms with Gasteiger partial charge in [0.05, 0.1) is 24.3 Å². The number of aliphatic hydroxyl groups excluding tert-OH is 1. The number of phenols is 1. The van der Waals surface area contributed by atoms with Crippen molar-refractivity contribution < 1.29 is 19.7 Å². The quantitative estimate of drug-likeness (QED) is 0.602.